The second kappa shape index (κ2) is 7.02. The van der Waals surface area contributed by atoms with Crippen LogP contribution in [-0.4, -0.2) is 44.9 Å². The summed E-state index contributed by atoms with van der Waals surface area (Å²) in [7, 11) is -3.55. The van der Waals surface area contributed by atoms with E-state index in [1.165, 1.54) is 4.31 Å². The fourth-order valence-corrected chi connectivity index (χ4v) is 3.78. The van der Waals surface area contributed by atoms with Crippen LogP contribution in [-0.2, 0) is 26.1 Å². The SMILES string of the molecule is CCC(=O)NCc1ccccc1S(=O)(=O)N1CCOCC1. The fourth-order valence-electron chi connectivity index (χ4n) is 2.15. The molecular weight excluding hydrogens is 292 g/mol. The van der Waals surface area contributed by atoms with Crippen molar-refractivity contribution in [2.75, 3.05) is 26.3 Å². The lowest BCUT2D eigenvalue weighted by Crippen LogP contribution is -2.41. The van der Waals surface area contributed by atoms with Crippen LogP contribution in [0.2, 0.25) is 0 Å². The van der Waals surface area contributed by atoms with E-state index >= 15 is 0 Å². The van der Waals surface area contributed by atoms with E-state index in [2.05, 4.69) is 5.32 Å². The van der Waals surface area contributed by atoms with Crippen LogP contribution in [0.5, 0.6) is 0 Å². The van der Waals surface area contributed by atoms with Gasteiger partial charge in [-0.2, -0.15) is 4.31 Å². The predicted octanol–water partition coefficient (Wildman–Crippen LogP) is 0.734. The molecule has 0 bridgehead atoms. The number of ether oxygens (including phenoxy) is 1. The van der Waals surface area contributed by atoms with Gasteiger partial charge < -0.3 is 10.1 Å². The Labute approximate surface area is 125 Å². The molecule has 1 heterocycles. The second-order valence-electron chi connectivity index (χ2n) is 4.75. The fraction of sp³-hybridized carbons (Fsp3) is 0.500. The molecule has 0 spiro atoms. The highest BCUT2D eigenvalue weighted by molar-refractivity contribution is 7.89. The topological polar surface area (TPSA) is 75.7 Å². The van der Waals surface area contributed by atoms with Crippen molar-refractivity contribution in [2.24, 2.45) is 0 Å². The summed E-state index contributed by atoms with van der Waals surface area (Å²) < 4.78 is 32.0. The zero-order chi connectivity index (χ0) is 15.3. The van der Waals surface area contributed by atoms with E-state index in [4.69, 9.17) is 4.74 Å². The molecule has 1 N–H and O–H groups in total. The van der Waals surface area contributed by atoms with Gasteiger partial charge in [-0.3, -0.25) is 4.79 Å². The quantitative estimate of drug-likeness (QED) is 0.870. The maximum Gasteiger partial charge on any atom is 0.243 e. The van der Waals surface area contributed by atoms with Gasteiger partial charge in [-0.25, -0.2) is 8.42 Å². The third-order valence-corrected chi connectivity index (χ3v) is 5.36. The lowest BCUT2D eigenvalue weighted by molar-refractivity contribution is -0.120. The largest absolute Gasteiger partial charge is 0.379 e. The Kier molecular flexibility index (Phi) is 5.33. The van der Waals surface area contributed by atoms with Gasteiger partial charge in [-0.05, 0) is 11.6 Å². The second-order valence-corrected chi connectivity index (χ2v) is 6.66. The number of nitrogens with one attached hydrogen (secondary N) is 1. The first kappa shape index (κ1) is 15.9. The molecule has 0 radical (unpaired) electrons. The van der Waals surface area contributed by atoms with E-state index in [1.54, 1.807) is 31.2 Å². The Morgan fingerprint density at radius 3 is 2.62 bits per heavy atom. The molecule has 0 saturated carbocycles. The molecule has 1 aliphatic rings. The number of nitrogens with zero attached hydrogens (tertiary/aromatic N) is 1. The molecule has 0 unspecified atom stereocenters. The minimum atomic E-state index is -3.55. The van der Waals surface area contributed by atoms with Gasteiger partial charge in [0.2, 0.25) is 15.9 Å². The van der Waals surface area contributed by atoms with Crippen molar-refractivity contribution in [2.45, 2.75) is 24.8 Å². The summed E-state index contributed by atoms with van der Waals surface area (Å²) in [6.07, 6.45) is 0.373. The van der Waals surface area contributed by atoms with Gasteiger partial charge >= 0.3 is 0 Å². The van der Waals surface area contributed by atoms with Gasteiger partial charge in [0.1, 0.15) is 0 Å². The Hall–Kier alpha value is -1.44. The summed E-state index contributed by atoms with van der Waals surface area (Å²) in [5.74, 6) is -0.103. The standard InChI is InChI=1S/C14H20N2O4S/c1-2-14(17)15-11-12-5-3-4-6-13(12)21(18,19)16-7-9-20-10-8-16/h3-6H,2,7-11H2,1H3,(H,15,17). The lowest BCUT2D eigenvalue weighted by Gasteiger charge is -2.27. The van der Waals surface area contributed by atoms with Crippen LogP contribution in [0, 0.1) is 0 Å². The predicted molar refractivity (Wildman–Crippen MR) is 78.2 cm³/mol. The first-order chi connectivity index (χ1) is 10.1. The molecule has 1 saturated heterocycles. The monoisotopic (exact) mass is 312 g/mol. The number of carbonyl (C=O) groups is 1. The molecule has 1 amide bonds. The van der Waals surface area contributed by atoms with Crippen molar-refractivity contribution >= 4 is 15.9 Å². The molecule has 1 fully saturated rings. The van der Waals surface area contributed by atoms with Gasteiger partial charge in [0.25, 0.3) is 0 Å². The normalized spacial score (nSPS) is 16.6. The zero-order valence-electron chi connectivity index (χ0n) is 12.0. The van der Waals surface area contributed by atoms with Crippen molar-refractivity contribution in [1.82, 2.24) is 9.62 Å². The number of amides is 1. The van der Waals surface area contributed by atoms with Crippen molar-refractivity contribution < 1.29 is 17.9 Å². The van der Waals surface area contributed by atoms with Crippen LogP contribution in [0.15, 0.2) is 29.2 Å². The third kappa shape index (κ3) is 3.81. The van der Waals surface area contributed by atoms with E-state index in [0.717, 1.165) is 0 Å². The minimum Gasteiger partial charge on any atom is -0.379 e. The zero-order valence-corrected chi connectivity index (χ0v) is 12.9. The number of hydrogen-bond donors (Lipinski definition) is 1. The van der Waals surface area contributed by atoms with Crippen LogP contribution in [0.4, 0.5) is 0 Å². The van der Waals surface area contributed by atoms with Crippen LogP contribution in [0.25, 0.3) is 0 Å². The number of carbonyl (C=O) groups excluding carboxylic acids is 1. The lowest BCUT2D eigenvalue weighted by atomic mass is 10.2. The molecule has 0 aliphatic carbocycles. The minimum absolute atomic E-state index is 0.103. The number of benzene rings is 1. The molecule has 0 aromatic heterocycles. The molecule has 0 atom stereocenters. The Morgan fingerprint density at radius 2 is 1.95 bits per heavy atom. The van der Waals surface area contributed by atoms with E-state index < -0.39 is 10.0 Å². The highest BCUT2D eigenvalue weighted by atomic mass is 32.2. The summed E-state index contributed by atoms with van der Waals surface area (Å²) in [6, 6.07) is 6.77. The Bertz CT molecular complexity index is 595. The van der Waals surface area contributed by atoms with Gasteiger partial charge in [0, 0.05) is 26.1 Å². The summed E-state index contributed by atoms with van der Waals surface area (Å²) in [6.45, 7) is 3.51. The van der Waals surface area contributed by atoms with Crippen LogP contribution in [0.3, 0.4) is 0 Å². The van der Waals surface area contributed by atoms with Crippen LogP contribution in [0.1, 0.15) is 18.9 Å². The molecule has 21 heavy (non-hydrogen) atoms. The highest BCUT2D eigenvalue weighted by Gasteiger charge is 2.28. The summed E-state index contributed by atoms with van der Waals surface area (Å²) >= 11 is 0. The van der Waals surface area contributed by atoms with Crippen LogP contribution < -0.4 is 5.32 Å². The maximum atomic E-state index is 12.7. The van der Waals surface area contributed by atoms with Crippen molar-refractivity contribution in [1.29, 1.82) is 0 Å². The number of hydrogen-bond acceptors (Lipinski definition) is 4. The molecule has 1 aromatic carbocycles. The van der Waals surface area contributed by atoms with Gasteiger partial charge in [0.15, 0.2) is 0 Å². The van der Waals surface area contributed by atoms with Crippen molar-refractivity contribution in [3.8, 4) is 0 Å². The first-order valence-corrected chi connectivity index (χ1v) is 8.42. The maximum absolute atomic E-state index is 12.7. The molecule has 1 aliphatic heterocycles. The summed E-state index contributed by atoms with van der Waals surface area (Å²) in [5, 5.41) is 2.72. The van der Waals surface area contributed by atoms with Gasteiger partial charge in [-0.1, -0.05) is 25.1 Å². The van der Waals surface area contributed by atoms with Crippen molar-refractivity contribution in [3.63, 3.8) is 0 Å². The molecule has 7 heteroatoms. The average Bonchev–Trinajstić information content (AvgIpc) is 2.53. The molecule has 6 nitrogen and oxygen atoms in total. The Morgan fingerprint density at radius 1 is 1.29 bits per heavy atom. The van der Waals surface area contributed by atoms with Crippen molar-refractivity contribution in [3.05, 3.63) is 29.8 Å². The number of rotatable bonds is 5. The van der Waals surface area contributed by atoms with Gasteiger partial charge in [0.05, 0.1) is 18.1 Å². The first-order valence-electron chi connectivity index (χ1n) is 6.98. The Balaban J connectivity index is 2.23. The molecule has 116 valence electrons. The smallest absolute Gasteiger partial charge is 0.243 e. The number of sulfonamides is 1. The van der Waals surface area contributed by atoms with Crippen LogP contribution >= 0.6 is 0 Å². The highest BCUT2D eigenvalue weighted by Crippen LogP contribution is 2.21. The van der Waals surface area contributed by atoms with Gasteiger partial charge in [-0.15, -0.1) is 0 Å². The molecule has 1 aromatic rings. The average molecular weight is 312 g/mol. The van der Waals surface area contributed by atoms with E-state index in [0.29, 0.717) is 38.3 Å². The third-order valence-electron chi connectivity index (χ3n) is 3.36. The summed E-state index contributed by atoms with van der Waals surface area (Å²) in [4.78, 5) is 11.6. The molecule has 2 rings (SSSR count). The molecular formula is C14H20N2O4S. The summed E-state index contributed by atoms with van der Waals surface area (Å²) in [5.41, 5.74) is 0.603. The number of morpholine rings is 1. The van der Waals surface area contributed by atoms with E-state index in [1.807, 2.05) is 0 Å². The van der Waals surface area contributed by atoms with E-state index in [9.17, 15) is 13.2 Å². The van der Waals surface area contributed by atoms with E-state index in [-0.39, 0.29) is 17.3 Å².